The molecule has 140 valence electrons. The first kappa shape index (κ1) is 21.5. The summed E-state index contributed by atoms with van der Waals surface area (Å²) in [5.74, 6) is 0.752. The summed E-state index contributed by atoms with van der Waals surface area (Å²) in [4.78, 5) is 0. The van der Waals surface area contributed by atoms with Gasteiger partial charge in [0.25, 0.3) is 0 Å². The molecule has 1 unspecified atom stereocenters. The molecule has 0 spiro atoms. The summed E-state index contributed by atoms with van der Waals surface area (Å²) >= 11 is 0. The van der Waals surface area contributed by atoms with E-state index in [4.69, 9.17) is 0 Å². The highest BCUT2D eigenvalue weighted by molar-refractivity contribution is 5.41. The fraction of sp³-hybridized carbons (Fsp3) is 0.833. The fourth-order valence-corrected chi connectivity index (χ4v) is 4.00. The van der Waals surface area contributed by atoms with Crippen LogP contribution in [-0.4, -0.2) is 0 Å². The van der Waals surface area contributed by atoms with E-state index in [2.05, 4.69) is 33.8 Å². The van der Waals surface area contributed by atoms with E-state index in [1.54, 1.807) is 11.1 Å². The van der Waals surface area contributed by atoms with Crippen LogP contribution in [0, 0.1) is 5.92 Å². The summed E-state index contributed by atoms with van der Waals surface area (Å²) in [6.45, 7) is 9.18. The van der Waals surface area contributed by atoms with Crippen molar-refractivity contribution in [2.75, 3.05) is 0 Å². The van der Waals surface area contributed by atoms with Crippen LogP contribution in [0.2, 0.25) is 0 Å². The van der Waals surface area contributed by atoms with E-state index in [1.807, 2.05) is 0 Å². The molecule has 24 heavy (non-hydrogen) atoms. The molecule has 0 N–H and O–H groups in total. The highest BCUT2D eigenvalue weighted by atomic mass is 14.2. The van der Waals surface area contributed by atoms with Gasteiger partial charge in [-0.3, -0.25) is 0 Å². The van der Waals surface area contributed by atoms with Gasteiger partial charge in [-0.1, -0.05) is 114 Å². The third-order valence-electron chi connectivity index (χ3n) is 6.06. The Kier molecular flexibility index (Phi) is 12.3. The van der Waals surface area contributed by atoms with Gasteiger partial charge in [-0.2, -0.15) is 0 Å². The van der Waals surface area contributed by atoms with Gasteiger partial charge >= 0.3 is 0 Å². The van der Waals surface area contributed by atoms with E-state index in [-0.39, 0.29) is 0 Å². The number of hydrogen-bond acceptors (Lipinski definition) is 0. The lowest BCUT2D eigenvalue weighted by Gasteiger charge is -2.10. The van der Waals surface area contributed by atoms with Crippen LogP contribution >= 0.6 is 0 Å². The van der Waals surface area contributed by atoms with Crippen molar-refractivity contribution in [3.8, 4) is 0 Å². The Hall–Kier alpha value is -0.520. The van der Waals surface area contributed by atoms with E-state index >= 15 is 0 Å². The summed E-state index contributed by atoms with van der Waals surface area (Å²) in [6, 6.07) is 0. The Morgan fingerprint density at radius 2 is 1.04 bits per heavy atom. The molecule has 1 aliphatic rings. The molecule has 0 saturated heterocycles. The summed E-state index contributed by atoms with van der Waals surface area (Å²) in [5, 5.41) is 0. The van der Waals surface area contributed by atoms with Crippen molar-refractivity contribution in [3.05, 3.63) is 22.8 Å². The average molecular weight is 333 g/mol. The Bertz CT molecular complexity index is 371. The van der Waals surface area contributed by atoms with Crippen LogP contribution in [0.25, 0.3) is 0 Å². The van der Waals surface area contributed by atoms with Gasteiger partial charge in [0.2, 0.25) is 0 Å². The summed E-state index contributed by atoms with van der Waals surface area (Å²) in [5.41, 5.74) is 4.69. The zero-order chi connectivity index (χ0) is 17.6. The molecule has 1 atom stereocenters. The summed E-state index contributed by atoms with van der Waals surface area (Å²) in [7, 11) is 0. The number of rotatable bonds is 15. The average Bonchev–Trinajstić information content (AvgIpc) is 2.82. The van der Waals surface area contributed by atoms with E-state index < -0.39 is 0 Å². The van der Waals surface area contributed by atoms with Crippen molar-refractivity contribution in [3.63, 3.8) is 0 Å². The van der Waals surface area contributed by atoms with Crippen molar-refractivity contribution < 1.29 is 0 Å². The third kappa shape index (κ3) is 9.09. The second-order valence-corrected chi connectivity index (χ2v) is 8.15. The minimum atomic E-state index is 0.752. The normalized spacial score (nSPS) is 17.7. The Labute approximate surface area is 153 Å². The van der Waals surface area contributed by atoms with Crippen molar-refractivity contribution in [1.29, 1.82) is 0 Å². The van der Waals surface area contributed by atoms with Gasteiger partial charge in [0.05, 0.1) is 0 Å². The van der Waals surface area contributed by atoms with E-state index in [0.29, 0.717) is 0 Å². The first-order chi connectivity index (χ1) is 11.7. The standard InChI is InChI=1S/C24H44/c1-5-6-7-8-9-10-11-12-13-14-15-16-17-18-19-24-20-21(2)22(3)23(24)4/h20,24H,5-19H2,1-4H3. The lowest BCUT2D eigenvalue weighted by molar-refractivity contribution is 0.523. The highest BCUT2D eigenvalue weighted by Gasteiger charge is 2.17. The number of allylic oxidation sites excluding steroid dienone is 4. The molecule has 0 nitrogen and oxygen atoms in total. The van der Waals surface area contributed by atoms with E-state index in [0.717, 1.165) is 5.92 Å². The van der Waals surface area contributed by atoms with Gasteiger partial charge < -0.3 is 0 Å². The molecule has 0 saturated carbocycles. The van der Waals surface area contributed by atoms with Gasteiger partial charge in [-0.25, -0.2) is 0 Å². The molecule has 0 aromatic carbocycles. The van der Waals surface area contributed by atoms with Crippen molar-refractivity contribution in [2.24, 2.45) is 5.92 Å². The fourth-order valence-electron chi connectivity index (χ4n) is 4.00. The monoisotopic (exact) mass is 332 g/mol. The van der Waals surface area contributed by atoms with E-state index in [9.17, 15) is 0 Å². The zero-order valence-electron chi connectivity index (χ0n) is 17.3. The second-order valence-electron chi connectivity index (χ2n) is 8.15. The molecular formula is C24H44. The molecule has 0 heteroatoms. The molecular weight excluding hydrogens is 288 g/mol. The predicted molar refractivity (Wildman–Crippen MR) is 111 cm³/mol. The largest absolute Gasteiger partial charge is 0.0741 e. The first-order valence-corrected chi connectivity index (χ1v) is 11.0. The molecule has 0 fully saturated rings. The van der Waals surface area contributed by atoms with Crippen molar-refractivity contribution >= 4 is 0 Å². The van der Waals surface area contributed by atoms with Crippen LogP contribution in [0.4, 0.5) is 0 Å². The van der Waals surface area contributed by atoms with Gasteiger partial charge in [-0.05, 0) is 38.7 Å². The molecule has 0 aromatic rings. The highest BCUT2D eigenvalue weighted by Crippen LogP contribution is 2.33. The Morgan fingerprint density at radius 1 is 0.625 bits per heavy atom. The molecule has 0 aromatic heterocycles. The van der Waals surface area contributed by atoms with Crippen LogP contribution in [0.15, 0.2) is 22.8 Å². The maximum absolute atomic E-state index is 2.49. The van der Waals surface area contributed by atoms with Crippen molar-refractivity contribution in [1.82, 2.24) is 0 Å². The Balaban J connectivity index is 1.82. The lowest BCUT2D eigenvalue weighted by atomic mass is 9.95. The van der Waals surface area contributed by atoms with Gasteiger partial charge in [0.1, 0.15) is 0 Å². The SMILES string of the molecule is CCCCCCCCCCCCCCCCC1C=C(C)C(C)=C1C. The predicted octanol–water partition coefficient (Wildman–Crippen LogP) is 8.77. The molecule has 0 aliphatic heterocycles. The molecule has 0 amide bonds. The number of hydrogen-bond donors (Lipinski definition) is 0. The van der Waals surface area contributed by atoms with E-state index in [1.165, 1.54) is 102 Å². The molecule has 1 rings (SSSR count). The number of unbranched alkanes of at least 4 members (excludes halogenated alkanes) is 13. The van der Waals surface area contributed by atoms with Crippen LogP contribution in [0.3, 0.4) is 0 Å². The minimum absolute atomic E-state index is 0.752. The van der Waals surface area contributed by atoms with Crippen LogP contribution in [0.5, 0.6) is 0 Å². The van der Waals surface area contributed by atoms with Gasteiger partial charge in [0.15, 0.2) is 0 Å². The van der Waals surface area contributed by atoms with Crippen LogP contribution in [0.1, 0.15) is 124 Å². The summed E-state index contributed by atoms with van der Waals surface area (Å²) < 4.78 is 0. The smallest absolute Gasteiger partial charge is 0.00144 e. The van der Waals surface area contributed by atoms with Crippen LogP contribution < -0.4 is 0 Å². The Morgan fingerprint density at radius 3 is 1.42 bits per heavy atom. The zero-order valence-corrected chi connectivity index (χ0v) is 17.3. The van der Waals surface area contributed by atoms with Gasteiger partial charge in [-0.15, -0.1) is 0 Å². The third-order valence-corrected chi connectivity index (χ3v) is 6.06. The minimum Gasteiger partial charge on any atom is -0.0741 e. The quantitative estimate of drug-likeness (QED) is 0.263. The summed E-state index contributed by atoms with van der Waals surface area (Å²) in [6.07, 6.45) is 24.2. The van der Waals surface area contributed by atoms with Crippen LogP contribution in [-0.2, 0) is 0 Å². The second kappa shape index (κ2) is 13.7. The molecule has 1 aliphatic carbocycles. The van der Waals surface area contributed by atoms with Gasteiger partial charge in [0, 0.05) is 0 Å². The topological polar surface area (TPSA) is 0 Å². The first-order valence-electron chi connectivity index (χ1n) is 11.0. The maximum atomic E-state index is 2.49. The molecule has 0 heterocycles. The lowest BCUT2D eigenvalue weighted by Crippen LogP contribution is -1.95. The maximum Gasteiger partial charge on any atom is -0.00144 e. The van der Waals surface area contributed by atoms with Crippen molar-refractivity contribution in [2.45, 2.75) is 124 Å². The molecule has 0 bridgehead atoms. The molecule has 0 radical (unpaired) electrons.